The zero-order valence-electron chi connectivity index (χ0n) is 12.6. The Balaban J connectivity index is 1.49. The molecule has 0 unspecified atom stereocenters. The van der Waals surface area contributed by atoms with Crippen LogP contribution >= 0.6 is 11.6 Å². The molecule has 1 aromatic carbocycles. The van der Waals surface area contributed by atoms with E-state index in [9.17, 15) is 4.79 Å². The van der Waals surface area contributed by atoms with Gasteiger partial charge < -0.3 is 13.5 Å². The second kappa shape index (κ2) is 6.29. The summed E-state index contributed by atoms with van der Waals surface area (Å²) in [5, 5.41) is 10.8. The Bertz CT molecular complexity index is 1000. The molecule has 0 spiro atoms. The van der Waals surface area contributed by atoms with Crippen molar-refractivity contribution in [3.8, 4) is 22.8 Å². The number of benzene rings is 1. The third-order valence-corrected chi connectivity index (χ3v) is 3.65. The number of nitrogens with one attached hydrogen (secondary N) is 1. The van der Waals surface area contributed by atoms with Gasteiger partial charge in [-0.25, -0.2) is 0 Å². The van der Waals surface area contributed by atoms with Crippen molar-refractivity contribution in [3.63, 3.8) is 0 Å². The number of hydrogen-bond acceptors (Lipinski definition) is 6. The predicted molar refractivity (Wildman–Crippen MR) is 89.1 cm³/mol. The first-order valence-electron chi connectivity index (χ1n) is 7.23. The van der Waals surface area contributed by atoms with E-state index in [1.54, 1.807) is 42.5 Å². The summed E-state index contributed by atoms with van der Waals surface area (Å²) in [6.07, 6.45) is 1.50. The summed E-state index contributed by atoms with van der Waals surface area (Å²) in [6.45, 7) is 0. The largest absolute Gasteiger partial charge is 0.461 e. The second-order valence-corrected chi connectivity index (χ2v) is 5.53. The SMILES string of the molecule is O=C(Nc1cc(-c2ccc(Cl)cc2)no1)c1cc(-c2ccco2)on1. The number of rotatable bonds is 4. The van der Waals surface area contributed by atoms with E-state index < -0.39 is 5.91 Å². The Morgan fingerprint density at radius 2 is 1.84 bits per heavy atom. The van der Waals surface area contributed by atoms with Crippen molar-refractivity contribution in [2.24, 2.45) is 0 Å². The van der Waals surface area contributed by atoms with E-state index in [-0.39, 0.29) is 11.6 Å². The molecule has 0 saturated carbocycles. The van der Waals surface area contributed by atoms with Gasteiger partial charge in [-0.05, 0) is 24.3 Å². The number of nitrogens with zero attached hydrogens (tertiary/aromatic N) is 2. The highest BCUT2D eigenvalue weighted by atomic mass is 35.5. The van der Waals surface area contributed by atoms with Crippen molar-refractivity contribution in [3.05, 3.63) is 65.5 Å². The maximum absolute atomic E-state index is 12.2. The average Bonchev–Trinajstić information content (AvgIpc) is 3.36. The number of carbonyl (C=O) groups is 1. The number of amides is 1. The molecule has 0 aliphatic rings. The van der Waals surface area contributed by atoms with Gasteiger partial charge in [0.2, 0.25) is 11.6 Å². The molecule has 0 bridgehead atoms. The molecule has 4 aromatic rings. The summed E-state index contributed by atoms with van der Waals surface area (Å²) in [5.41, 5.74) is 1.48. The summed E-state index contributed by atoms with van der Waals surface area (Å²) in [6, 6.07) is 13.6. The average molecular weight is 356 g/mol. The number of hydrogen-bond donors (Lipinski definition) is 1. The van der Waals surface area contributed by atoms with Gasteiger partial charge in [-0.1, -0.05) is 34.0 Å². The number of halogens is 1. The highest BCUT2D eigenvalue weighted by Crippen LogP contribution is 2.24. The van der Waals surface area contributed by atoms with Crippen molar-refractivity contribution in [2.45, 2.75) is 0 Å². The lowest BCUT2D eigenvalue weighted by Crippen LogP contribution is -2.11. The molecule has 7 nitrogen and oxygen atoms in total. The van der Waals surface area contributed by atoms with E-state index in [0.29, 0.717) is 22.2 Å². The quantitative estimate of drug-likeness (QED) is 0.579. The Morgan fingerprint density at radius 1 is 1.00 bits per heavy atom. The van der Waals surface area contributed by atoms with E-state index in [0.717, 1.165) is 5.56 Å². The lowest BCUT2D eigenvalue weighted by molar-refractivity contribution is 0.101. The highest BCUT2D eigenvalue weighted by Gasteiger charge is 2.17. The Labute approximate surface area is 146 Å². The summed E-state index contributed by atoms with van der Waals surface area (Å²) >= 11 is 5.86. The molecule has 0 aliphatic heterocycles. The maximum Gasteiger partial charge on any atom is 0.280 e. The molecular weight excluding hydrogens is 346 g/mol. The minimum Gasteiger partial charge on any atom is -0.461 e. The molecule has 0 fully saturated rings. The maximum atomic E-state index is 12.2. The zero-order valence-corrected chi connectivity index (χ0v) is 13.4. The van der Waals surface area contributed by atoms with Gasteiger partial charge in [0, 0.05) is 22.7 Å². The van der Waals surface area contributed by atoms with Crippen LogP contribution in [-0.4, -0.2) is 16.2 Å². The fourth-order valence-electron chi connectivity index (χ4n) is 2.18. The first-order chi connectivity index (χ1) is 12.2. The Hall–Kier alpha value is -3.32. The molecule has 3 aromatic heterocycles. The molecule has 1 N–H and O–H groups in total. The minimum atomic E-state index is -0.486. The molecule has 0 atom stereocenters. The second-order valence-electron chi connectivity index (χ2n) is 5.09. The van der Waals surface area contributed by atoms with Gasteiger partial charge in [0.15, 0.2) is 11.5 Å². The normalized spacial score (nSPS) is 10.8. The minimum absolute atomic E-state index is 0.0934. The van der Waals surface area contributed by atoms with Crippen molar-refractivity contribution in [1.82, 2.24) is 10.3 Å². The molecule has 0 saturated heterocycles. The van der Waals surface area contributed by atoms with Crippen molar-refractivity contribution >= 4 is 23.4 Å². The van der Waals surface area contributed by atoms with Gasteiger partial charge in [-0.3, -0.25) is 10.1 Å². The molecule has 124 valence electrons. The van der Waals surface area contributed by atoms with Crippen LogP contribution in [0.2, 0.25) is 5.02 Å². The smallest absolute Gasteiger partial charge is 0.280 e. The third-order valence-electron chi connectivity index (χ3n) is 3.39. The van der Waals surface area contributed by atoms with Gasteiger partial charge >= 0.3 is 0 Å². The van der Waals surface area contributed by atoms with Gasteiger partial charge in [-0.15, -0.1) is 0 Å². The molecule has 0 aliphatic carbocycles. The van der Waals surface area contributed by atoms with Gasteiger partial charge in [-0.2, -0.15) is 0 Å². The molecule has 3 heterocycles. The lowest BCUT2D eigenvalue weighted by Gasteiger charge is -1.95. The zero-order chi connectivity index (χ0) is 17.2. The van der Waals surface area contributed by atoms with Crippen LogP contribution in [0.25, 0.3) is 22.8 Å². The van der Waals surface area contributed by atoms with Crippen LogP contribution in [0.4, 0.5) is 5.88 Å². The molecule has 1 amide bonds. The van der Waals surface area contributed by atoms with Gasteiger partial charge in [0.25, 0.3) is 5.91 Å². The van der Waals surface area contributed by atoms with Crippen LogP contribution in [-0.2, 0) is 0 Å². The van der Waals surface area contributed by atoms with Crippen LogP contribution < -0.4 is 5.32 Å². The fourth-order valence-corrected chi connectivity index (χ4v) is 2.31. The first-order valence-corrected chi connectivity index (χ1v) is 7.61. The highest BCUT2D eigenvalue weighted by molar-refractivity contribution is 6.30. The van der Waals surface area contributed by atoms with Crippen molar-refractivity contribution < 1.29 is 18.3 Å². The van der Waals surface area contributed by atoms with E-state index in [1.807, 2.05) is 0 Å². The van der Waals surface area contributed by atoms with Crippen LogP contribution in [0.5, 0.6) is 0 Å². The molecular formula is C17H10ClN3O4. The summed E-state index contributed by atoms with van der Waals surface area (Å²) in [5.74, 6) is 0.545. The molecule has 8 heteroatoms. The van der Waals surface area contributed by atoms with E-state index in [2.05, 4.69) is 15.6 Å². The topological polar surface area (TPSA) is 94.3 Å². The standard InChI is InChI=1S/C17H10ClN3O4/c18-11-5-3-10(4-6-11)12-9-16(25-20-12)19-17(22)13-8-15(24-21-13)14-2-1-7-23-14/h1-9H,(H,19,22). The van der Waals surface area contributed by atoms with Crippen molar-refractivity contribution in [2.75, 3.05) is 5.32 Å². The monoisotopic (exact) mass is 355 g/mol. The van der Waals surface area contributed by atoms with E-state index >= 15 is 0 Å². The van der Waals surface area contributed by atoms with Crippen molar-refractivity contribution in [1.29, 1.82) is 0 Å². The molecule has 25 heavy (non-hydrogen) atoms. The van der Waals surface area contributed by atoms with Gasteiger partial charge in [0.05, 0.1) is 6.26 Å². The van der Waals surface area contributed by atoms with Crippen LogP contribution in [0, 0.1) is 0 Å². The van der Waals surface area contributed by atoms with Crippen LogP contribution in [0.3, 0.4) is 0 Å². The van der Waals surface area contributed by atoms with Crippen LogP contribution in [0.1, 0.15) is 10.5 Å². The lowest BCUT2D eigenvalue weighted by atomic mass is 10.1. The Morgan fingerprint density at radius 3 is 2.60 bits per heavy atom. The Kier molecular flexibility index (Phi) is 3.83. The van der Waals surface area contributed by atoms with E-state index in [4.69, 9.17) is 25.1 Å². The van der Waals surface area contributed by atoms with E-state index in [1.165, 1.54) is 12.3 Å². The number of furan rings is 1. The fraction of sp³-hybridized carbons (Fsp3) is 0. The number of aromatic nitrogens is 2. The van der Waals surface area contributed by atoms with Gasteiger partial charge in [0.1, 0.15) is 5.69 Å². The number of anilines is 1. The molecule has 0 radical (unpaired) electrons. The predicted octanol–water partition coefficient (Wildman–Crippen LogP) is 4.50. The van der Waals surface area contributed by atoms with Crippen LogP contribution in [0.15, 0.2) is 68.3 Å². The number of carbonyl (C=O) groups excluding carboxylic acids is 1. The third kappa shape index (κ3) is 3.17. The summed E-state index contributed by atoms with van der Waals surface area (Å²) < 4.78 is 15.4. The first kappa shape index (κ1) is 15.2. The molecule has 4 rings (SSSR count). The summed E-state index contributed by atoms with van der Waals surface area (Å²) in [4.78, 5) is 12.2. The summed E-state index contributed by atoms with van der Waals surface area (Å²) in [7, 11) is 0.